The van der Waals surface area contributed by atoms with E-state index in [1.165, 1.54) is 14.2 Å². The molecule has 4 aliphatic carbocycles. The highest BCUT2D eigenvalue weighted by Crippen LogP contribution is 2.69. The van der Waals surface area contributed by atoms with Gasteiger partial charge >= 0.3 is 0 Å². The smallest absolute Gasteiger partial charge is 0.186 e. The van der Waals surface area contributed by atoms with Crippen LogP contribution in [0.25, 0.3) is 0 Å². The Morgan fingerprint density at radius 3 is 2.26 bits per heavy atom. The third kappa shape index (κ3) is 5.45. The molecule has 248 valence electrons. The molecule has 0 radical (unpaired) electrons. The first kappa shape index (κ1) is 33.7. The van der Waals surface area contributed by atoms with E-state index in [2.05, 4.69) is 26.8 Å². The first-order valence-electron chi connectivity index (χ1n) is 16.3. The van der Waals surface area contributed by atoms with Gasteiger partial charge in [-0.25, -0.2) is 0 Å². The summed E-state index contributed by atoms with van der Waals surface area (Å²) in [6.45, 7) is 8.63. The van der Waals surface area contributed by atoms with E-state index in [-0.39, 0.29) is 54.6 Å². The lowest BCUT2D eigenvalue weighted by Crippen LogP contribution is -2.71. The molecule has 6 N–H and O–H groups in total. The van der Waals surface area contributed by atoms with Crippen molar-refractivity contribution in [1.82, 2.24) is 0 Å². The number of hydrogen-bond acceptors (Lipinski definition) is 10. The Bertz CT molecular complexity index is 995. The minimum Gasteiger partial charge on any atom is -0.396 e. The molecular formula is C33H56O10. The van der Waals surface area contributed by atoms with Gasteiger partial charge in [-0.15, -0.1) is 0 Å². The molecule has 0 spiro atoms. The standard InChI is InChI=1S/C33H56O10/c1-17(15-34)7-8-18(2)19-13-20(35)29-31(19,3)12-10-24-32(4)11-9-22(26(37)25(32)21(36)14-33(24,29)39)43-30-28(41-6)27(38)23(40-5)16-42-30/h7-8,17-30,34-39H,9-16H2,1-6H3/b8-7+/t17?,18-,19-,20+,21-,22+,23-,24-,25+,26+,27+,28-,29-,30+,31-,32-,33+/m1/s1. The molecular weight excluding hydrogens is 556 g/mol. The summed E-state index contributed by atoms with van der Waals surface area (Å²) in [6, 6.07) is 0. The van der Waals surface area contributed by atoms with Crippen LogP contribution < -0.4 is 0 Å². The monoisotopic (exact) mass is 612 g/mol. The molecule has 0 aromatic heterocycles. The van der Waals surface area contributed by atoms with Crippen molar-refractivity contribution >= 4 is 0 Å². The van der Waals surface area contributed by atoms with Gasteiger partial charge in [0, 0.05) is 39.1 Å². The third-order valence-corrected chi connectivity index (χ3v) is 12.7. The van der Waals surface area contributed by atoms with Crippen molar-refractivity contribution < 1.29 is 49.6 Å². The quantitative estimate of drug-likeness (QED) is 0.176. The molecule has 10 nitrogen and oxygen atoms in total. The number of fused-ring (bicyclic) bond motifs is 5. The minimum atomic E-state index is -1.27. The lowest BCUT2D eigenvalue weighted by Gasteiger charge is -2.66. The summed E-state index contributed by atoms with van der Waals surface area (Å²) in [5.74, 6) is -0.724. The predicted octanol–water partition coefficient (Wildman–Crippen LogP) is 1.63. The van der Waals surface area contributed by atoms with Crippen molar-refractivity contribution in [3.05, 3.63) is 12.2 Å². The van der Waals surface area contributed by atoms with E-state index in [9.17, 15) is 30.6 Å². The maximum Gasteiger partial charge on any atom is 0.186 e. The molecule has 0 aromatic carbocycles. The van der Waals surface area contributed by atoms with Crippen LogP contribution in [0.1, 0.15) is 66.2 Å². The molecule has 5 rings (SSSR count). The second kappa shape index (κ2) is 12.5. The topological polar surface area (TPSA) is 158 Å². The number of aliphatic hydroxyl groups excluding tert-OH is 5. The largest absolute Gasteiger partial charge is 0.396 e. The van der Waals surface area contributed by atoms with Crippen molar-refractivity contribution in [2.45, 2.75) is 121 Å². The van der Waals surface area contributed by atoms with E-state index in [0.717, 1.165) is 12.8 Å². The van der Waals surface area contributed by atoms with Crippen LogP contribution in [-0.2, 0) is 18.9 Å². The van der Waals surface area contributed by atoms with Crippen LogP contribution in [0.15, 0.2) is 12.2 Å². The van der Waals surface area contributed by atoms with Gasteiger partial charge < -0.3 is 49.6 Å². The predicted molar refractivity (Wildman–Crippen MR) is 158 cm³/mol. The first-order valence-corrected chi connectivity index (χ1v) is 16.3. The Hall–Kier alpha value is -0.660. The van der Waals surface area contributed by atoms with Crippen molar-refractivity contribution in [3.8, 4) is 0 Å². The molecule has 5 fully saturated rings. The van der Waals surface area contributed by atoms with E-state index < -0.39 is 66.0 Å². The summed E-state index contributed by atoms with van der Waals surface area (Å²) < 4.78 is 22.9. The van der Waals surface area contributed by atoms with Crippen molar-refractivity contribution in [2.24, 2.45) is 46.3 Å². The van der Waals surface area contributed by atoms with Gasteiger partial charge in [0.25, 0.3) is 0 Å². The van der Waals surface area contributed by atoms with E-state index in [4.69, 9.17) is 18.9 Å². The molecule has 43 heavy (non-hydrogen) atoms. The second-order valence-corrected chi connectivity index (χ2v) is 15.1. The molecule has 1 heterocycles. The highest BCUT2D eigenvalue weighted by atomic mass is 16.7. The fraction of sp³-hybridized carbons (Fsp3) is 0.939. The van der Waals surface area contributed by atoms with Crippen LogP contribution in [0.4, 0.5) is 0 Å². The third-order valence-electron chi connectivity index (χ3n) is 12.7. The van der Waals surface area contributed by atoms with E-state index in [1.54, 1.807) is 0 Å². The molecule has 0 aromatic rings. The van der Waals surface area contributed by atoms with Crippen molar-refractivity contribution in [2.75, 3.05) is 27.4 Å². The summed E-state index contributed by atoms with van der Waals surface area (Å²) in [5, 5.41) is 67.8. The summed E-state index contributed by atoms with van der Waals surface area (Å²) in [5.41, 5.74) is -2.15. The van der Waals surface area contributed by atoms with Crippen LogP contribution in [0.2, 0.25) is 0 Å². The highest BCUT2D eigenvalue weighted by molar-refractivity contribution is 5.21. The van der Waals surface area contributed by atoms with Gasteiger partial charge in [-0.1, -0.05) is 39.8 Å². The van der Waals surface area contributed by atoms with Crippen LogP contribution in [0.5, 0.6) is 0 Å². The zero-order valence-corrected chi connectivity index (χ0v) is 26.7. The van der Waals surface area contributed by atoms with Gasteiger partial charge in [0.05, 0.1) is 36.6 Å². The minimum absolute atomic E-state index is 0.0607. The number of allylic oxidation sites excluding steroid dienone is 1. The summed E-state index contributed by atoms with van der Waals surface area (Å²) >= 11 is 0. The molecule has 17 atom stereocenters. The van der Waals surface area contributed by atoms with Gasteiger partial charge in [-0.2, -0.15) is 0 Å². The average Bonchev–Trinajstić information content (AvgIpc) is 3.24. The Morgan fingerprint density at radius 1 is 0.907 bits per heavy atom. The van der Waals surface area contributed by atoms with E-state index in [0.29, 0.717) is 19.3 Å². The molecule has 1 aliphatic heterocycles. The normalized spacial score (nSPS) is 53.2. The molecule has 1 unspecified atom stereocenters. The van der Waals surface area contributed by atoms with Crippen LogP contribution in [0.3, 0.4) is 0 Å². The molecule has 4 saturated carbocycles. The number of methoxy groups -OCH3 is 2. The summed E-state index contributed by atoms with van der Waals surface area (Å²) in [4.78, 5) is 0. The fourth-order valence-corrected chi connectivity index (χ4v) is 10.6. The van der Waals surface area contributed by atoms with Crippen molar-refractivity contribution in [1.29, 1.82) is 0 Å². The second-order valence-electron chi connectivity index (χ2n) is 15.1. The van der Waals surface area contributed by atoms with E-state index >= 15 is 0 Å². The van der Waals surface area contributed by atoms with Crippen LogP contribution in [0, 0.1) is 46.3 Å². The van der Waals surface area contributed by atoms with Gasteiger partial charge in [-0.3, -0.25) is 0 Å². The first-order chi connectivity index (χ1) is 20.3. The van der Waals surface area contributed by atoms with Crippen molar-refractivity contribution in [3.63, 3.8) is 0 Å². The van der Waals surface area contributed by atoms with Crippen LogP contribution >= 0.6 is 0 Å². The zero-order valence-electron chi connectivity index (χ0n) is 26.7. The Kier molecular flexibility index (Phi) is 9.80. The number of aliphatic hydroxyl groups is 6. The van der Waals surface area contributed by atoms with E-state index in [1.807, 2.05) is 13.0 Å². The SMILES string of the molecule is CO[C@H]1[C@H](O[C@H]2CC[C@@]3(C)[C@H]([C@H]2O)[C@H](O)C[C@]2(O)[C@@H]3CC[C@]3(C)[C@@H]([C@H](C)/C=C/C(C)CO)C[C@H](O)[C@H]32)OC[C@@H](OC)[C@@H]1O. The Labute approximate surface area is 256 Å². The van der Waals surface area contributed by atoms with Gasteiger partial charge in [0.1, 0.15) is 18.3 Å². The zero-order chi connectivity index (χ0) is 31.5. The molecule has 0 amide bonds. The average molecular weight is 613 g/mol. The van der Waals surface area contributed by atoms with Gasteiger partial charge in [0.2, 0.25) is 0 Å². The number of rotatable bonds is 8. The van der Waals surface area contributed by atoms with Gasteiger partial charge in [0.15, 0.2) is 6.29 Å². The summed E-state index contributed by atoms with van der Waals surface area (Å²) in [7, 11) is 2.97. The fourth-order valence-electron chi connectivity index (χ4n) is 10.6. The molecule has 10 heteroatoms. The lowest BCUT2D eigenvalue weighted by atomic mass is 9.41. The maximum atomic E-state index is 12.6. The Morgan fingerprint density at radius 2 is 1.60 bits per heavy atom. The molecule has 0 bridgehead atoms. The number of hydrogen-bond donors (Lipinski definition) is 6. The Balaban J connectivity index is 1.36. The molecule has 1 saturated heterocycles. The summed E-state index contributed by atoms with van der Waals surface area (Å²) in [6.07, 6.45) is 1.04. The van der Waals surface area contributed by atoms with Gasteiger partial charge in [-0.05, 0) is 66.6 Å². The lowest BCUT2D eigenvalue weighted by molar-refractivity contribution is -0.321. The molecule has 5 aliphatic rings. The number of ether oxygens (including phenoxy) is 4. The van der Waals surface area contributed by atoms with Crippen LogP contribution in [-0.4, -0.2) is 113 Å². The maximum absolute atomic E-state index is 12.6. The highest BCUT2D eigenvalue weighted by Gasteiger charge is 2.72.